The third-order valence-corrected chi connectivity index (χ3v) is 5.51. The molecule has 0 saturated carbocycles. The zero-order valence-electron chi connectivity index (χ0n) is 16.1. The molecule has 1 aromatic carbocycles. The number of benzene rings is 1. The summed E-state index contributed by atoms with van der Waals surface area (Å²) in [6, 6.07) is 3.74. The van der Waals surface area contributed by atoms with E-state index < -0.39 is 30.0 Å². The number of fused-ring (bicyclic) bond motifs is 1. The van der Waals surface area contributed by atoms with Crippen LogP contribution in [0.2, 0.25) is 0 Å². The lowest BCUT2D eigenvalue weighted by molar-refractivity contribution is -0.150. The number of hydrogen-bond acceptors (Lipinski definition) is 5. The van der Waals surface area contributed by atoms with Gasteiger partial charge in [-0.15, -0.1) is 0 Å². The normalized spacial score (nSPS) is 26.0. The molecular formula is C20H25N3O6. The quantitative estimate of drug-likeness (QED) is 0.491. The fourth-order valence-electron chi connectivity index (χ4n) is 4.14. The second-order valence-corrected chi connectivity index (χ2v) is 7.52. The highest BCUT2D eigenvalue weighted by Crippen LogP contribution is 2.43. The zero-order valence-corrected chi connectivity index (χ0v) is 16.1. The Kier molecular flexibility index (Phi) is 6.05. The van der Waals surface area contributed by atoms with Gasteiger partial charge in [0.05, 0.1) is 12.0 Å². The Morgan fingerprint density at radius 1 is 1.21 bits per heavy atom. The fourth-order valence-corrected chi connectivity index (χ4v) is 4.14. The van der Waals surface area contributed by atoms with E-state index in [1.807, 2.05) is 0 Å². The van der Waals surface area contributed by atoms with E-state index in [0.29, 0.717) is 31.4 Å². The van der Waals surface area contributed by atoms with Gasteiger partial charge in [0.2, 0.25) is 17.7 Å². The van der Waals surface area contributed by atoms with Gasteiger partial charge in [-0.3, -0.25) is 19.2 Å². The number of carbonyl (C=O) groups is 4. The number of rotatable bonds is 7. The number of amides is 3. The number of carboxylic acid groups (broad SMARTS) is 1. The molecule has 0 spiro atoms. The number of piperazine rings is 1. The average molecular weight is 403 g/mol. The second kappa shape index (κ2) is 8.50. The lowest BCUT2D eigenvalue weighted by Crippen LogP contribution is -2.61. The Morgan fingerprint density at radius 3 is 2.52 bits per heavy atom. The van der Waals surface area contributed by atoms with E-state index >= 15 is 0 Å². The van der Waals surface area contributed by atoms with Gasteiger partial charge in [0.15, 0.2) is 0 Å². The molecule has 2 aliphatic heterocycles. The topological polar surface area (TPSA) is 136 Å². The minimum Gasteiger partial charge on any atom is -0.508 e. The van der Waals surface area contributed by atoms with E-state index in [1.54, 1.807) is 12.1 Å². The molecule has 9 heteroatoms. The summed E-state index contributed by atoms with van der Waals surface area (Å²) < 4.78 is 0. The van der Waals surface area contributed by atoms with Gasteiger partial charge in [0.25, 0.3) is 0 Å². The van der Waals surface area contributed by atoms with E-state index in [-0.39, 0.29) is 29.9 Å². The molecule has 2 aliphatic rings. The third kappa shape index (κ3) is 4.33. The van der Waals surface area contributed by atoms with E-state index in [1.165, 1.54) is 24.0 Å². The summed E-state index contributed by atoms with van der Waals surface area (Å²) in [7, 11) is 0. The Morgan fingerprint density at radius 2 is 1.90 bits per heavy atom. The number of unbranched alkanes of at least 4 members (excludes halogenated alkanes) is 1. The lowest BCUT2D eigenvalue weighted by Gasteiger charge is -2.38. The first-order valence-electron chi connectivity index (χ1n) is 9.68. The molecule has 0 radical (unpaired) electrons. The van der Waals surface area contributed by atoms with E-state index in [0.717, 1.165) is 0 Å². The molecule has 0 bridgehead atoms. The summed E-state index contributed by atoms with van der Waals surface area (Å²) >= 11 is 0. The van der Waals surface area contributed by atoms with Gasteiger partial charge in [0, 0.05) is 13.5 Å². The van der Waals surface area contributed by atoms with Crippen LogP contribution in [0.25, 0.3) is 0 Å². The predicted octanol–water partition coefficient (Wildman–Crippen LogP) is 0.540. The van der Waals surface area contributed by atoms with Crippen LogP contribution in [-0.4, -0.2) is 57.4 Å². The molecule has 29 heavy (non-hydrogen) atoms. The van der Waals surface area contributed by atoms with Crippen LogP contribution in [0.3, 0.4) is 0 Å². The van der Waals surface area contributed by atoms with Gasteiger partial charge in [-0.05, 0) is 43.4 Å². The number of carbonyl (C=O) groups excluding carboxylic acids is 3. The summed E-state index contributed by atoms with van der Waals surface area (Å²) in [6.45, 7) is 1.93. The SMILES string of the molecule is CC(=O)NCCCC[C@@H]1NC(=O)[C@H]2C[C@@H](C(=O)O)[C@@H](c3ccc(O)cc3)N2C1=O. The van der Waals surface area contributed by atoms with Crippen molar-refractivity contribution in [3.63, 3.8) is 0 Å². The minimum atomic E-state index is -1.06. The van der Waals surface area contributed by atoms with Crippen molar-refractivity contribution in [3.8, 4) is 5.75 Å². The molecule has 4 N–H and O–H groups in total. The first kappa shape index (κ1) is 20.6. The van der Waals surface area contributed by atoms with Gasteiger partial charge < -0.3 is 25.7 Å². The molecule has 3 amide bonds. The second-order valence-electron chi connectivity index (χ2n) is 7.52. The molecule has 2 heterocycles. The van der Waals surface area contributed by atoms with Crippen molar-refractivity contribution >= 4 is 23.7 Å². The van der Waals surface area contributed by atoms with Crippen molar-refractivity contribution in [2.75, 3.05) is 6.54 Å². The Labute approximate surface area is 168 Å². The highest BCUT2D eigenvalue weighted by molar-refractivity contribution is 5.98. The summed E-state index contributed by atoms with van der Waals surface area (Å²) in [5, 5.41) is 24.6. The average Bonchev–Trinajstić information content (AvgIpc) is 3.07. The van der Waals surface area contributed by atoms with Crippen LogP contribution in [0, 0.1) is 5.92 Å². The molecular weight excluding hydrogens is 378 g/mol. The highest BCUT2D eigenvalue weighted by Gasteiger charge is 2.54. The van der Waals surface area contributed by atoms with Crippen molar-refractivity contribution < 1.29 is 29.4 Å². The van der Waals surface area contributed by atoms with Crippen molar-refractivity contribution in [3.05, 3.63) is 29.8 Å². The summed E-state index contributed by atoms with van der Waals surface area (Å²) in [5.41, 5.74) is 0.574. The van der Waals surface area contributed by atoms with Crippen LogP contribution < -0.4 is 10.6 Å². The van der Waals surface area contributed by atoms with Crippen molar-refractivity contribution in [1.29, 1.82) is 0 Å². The summed E-state index contributed by atoms with van der Waals surface area (Å²) in [5.74, 6) is -2.69. The largest absolute Gasteiger partial charge is 0.508 e. The Hall–Kier alpha value is -3.10. The first-order chi connectivity index (χ1) is 13.8. The molecule has 0 unspecified atom stereocenters. The Balaban J connectivity index is 1.78. The fraction of sp³-hybridized carbons (Fsp3) is 0.500. The number of phenols is 1. The molecule has 2 saturated heterocycles. The van der Waals surface area contributed by atoms with Crippen LogP contribution in [0.4, 0.5) is 0 Å². The number of phenolic OH excluding ortho intramolecular Hbond substituents is 1. The maximum absolute atomic E-state index is 13.1. The molecule has 0 aliphatic carbocycles. The van der Waals surface area contributed by atoms with Crippen LogP contribution in [0.15, 0.2) is 24.3 Å². The predicted molar refractivity (Wildman–Crippen MR) is 102 cm³/mol. The van der Waals surface area contributed by atoms with Crippen molar-refractivity contribution in [2.24, 2.45) is 5.92 Å². The zero-order chi connectivity index (χ0) is 21.1. The molecule has 156 valence electrons. The van der Waals surface area contributed by atoms with Crippen molar-refractivity contribution in [2.45, 2.75) is 50.7 Å². The first-order valence-corrected chi connectivity index (χ1v) is 9.68. The van der Waals surface area contributed by atoms with E-state index in [4.69, 9.17) is 0 Å². The summed E-state index contributed by atoms with van der Waals surface area (Å²) in [6.07, 6.45) is 1.75. The smallest absolute Gasteiger partial charge is 0.309 e. The number of aliphatic carboxylic acids is 1. The van der Waals surface area contributed by atoms with Gasteiger partial charge in [0.1, 0.15) is 17.8 Å². The monoisotopic (exact) mass is 403 g/mol. The van der Waals surface area contributed by atoms with Crippen LogP contribution in [0.5, 0.6) is 5.75 Å². The number of hydrogen-bond donors (Lipinski definition) is 4. The molecule has 1 aromatic rings. The number of carboxylic acids is 1. The van der Waals surface area contributed by atoms with Crippen molar-refractivity contribution in [1.82, 2.24) is 15.5 Å². The third-order valence-electron chi connectivity index (χ3n) is 5.51. The van der Waals surface area contributed by atoms with Gasteiger partial charge in [-0.1, -0.05) is 12.1 Å². The van der Waals surface area contributed by atoms with E-state index in [9.17, 15) is 29.4 Å². The maximum atomic E-state index is 13.1. The molecule has 4 atom stereocenters. The van der Waals surface area contributed by atoms with E-state index in [2.05, 4.69) is 10.6 Å². The maximum Gasteiger partial charge on any atom is 0.309 e. The van der Waals surface area contributed by atoms with Crippen LogP contribution in [0.1, 0.15) is 44.2 Å². The lowest BCUT2D eigenvalue weighted by atomic mass is 9.93. The van der Waals surface area contributed by atoms with Crippen LogP contribution in [-0.2, 0) is 19.2 Å². The molecule has 3 rings (SSSR count). The van der Waals surface area contributed by atoms with Gasteiger partial charge >= 0.3 is 5.97 Å². The highest BCUT2D eigenvalue weighted by atomic mass is 16.4. The Bertz CT molecular complexity index is 809. The number of aromatic hydroxyl groups is 1. The van der Waals surface area contributed by atoms with Gasteiger partial charge in [-0.2, -0.15) is 0 Å². The number of nitrogens with zero attached hydrogens (tertiary/aromatic N) is 1. The molecule has 2 fully saturated rings. The van der Waals surface area contributed by atoms with Crippen LogP contribution >= 0.6 is 0 Å². The minimum absolute atomic E-state index is 0.0370. The number of nitrogens with one attached hydrogen (secondary N) is 2. The standard InChI is InChI=1S/C20H25N3O6/c1-11(24)21-9-3-2-4-15-19(27)23-16(18(26)22-15)10-14(20(28)29)17(23)12-5-7-13(25)8-6-12/h5-8,14-17,25H,2-4,9-10H2,1H3,(H,21,24)(H,22,26)(H,28,29)/t14-,15+,16-,17-/m1/s1. The summed E-state index contributed by atoms with van der Waals surface area (Å²) in [4.78, 5) is 49.9. The molecule has 0 aromatic heterocycles. The molecule has 9 nitrogen and oxygen atoms in total. The van der Waals surface area contributed by atoms with Gasteiger partial charge in [-0.25, -0.2) is 0 Å².